The SMILES string of the molecule is O=C1CCC(N2C(=O)c3cc(F)c(N4CC5CCC(C4)N5CC4CCN(c5ccc(C(=C(CCCl)c6ccc(O)cc6)c6ccc(O)cc6)cc5)CC4)cc3C2=O)C(=O)N1. The number of imide groups is 2. The number of rotatable bonds is 10. The Balaban J connectivity index is 0.847. The molecule has 4 saturated heterocycles. The van der Waals surface area contributed by atoms with E-state index >= 15 is 4.39 Å². The van der Waals surface area contributed by atoms with Crippen molar-refractivity contribution in [2.75, 3.05) is 48.4 Å². The standard InChI is InChI=1S/C47H47ClFN5O6/c48-20-17-37(29-3-11-35(55)12-4-29)44(31-5-13-36(56)14-6-31)30-1-7-32(8-2-30)51-21-18-28(19-22-51)25-53-33-9-10-34(53)27-52(26-33)42-24-39-38(23-40(42)49)46(59)54(47(39)60)41-15-16-43(57)50-45(41)58/h1-8,11-14,23-24,28,33-34,41,55-56H,9-10,15-22,25-27H2,(H,50,57,58). The average Bonchev–Trinajstić information content (AvgIpc) is 3.61. The van der Waals surface area contributed by atoms with E-state index in [0.717, 1.165) is 89.8 Å². The summed E-state index contributed by atoms with van der Waals surface area (Å²) in [5.74, 6) is -1.69. The van der Waals surface area contributed by atoms with Gasteiger partial charge in [0.1, 0.15) is 23.4 Å². The molecule has 4 amide bonds. The highest BCUT2D eigenvalue weighted by molar-refractivity contribution is 6.24. The highest BCUT2D eigenvalue weighted by Crippen LogP contribution is 2.40. The summed E-state index contributed by atoms with van der Waals surface area (Å²) < 4.78 is 15.8. The number of hydrogen-bond donors (Lipinski definition) is 3. The Morgan fingerprint density at radius 1 is 0.717 bits per heavy atom. The average molecular weight is 832 g/mol. The van der Waals surface area contributed by atoms with Crippen molar-refractivity contribution >= 4 is 57.8 Å². The Labute approximate surface area is 353 Å². The van der Waals surface area contributed by atoms with Gasteiger partial charge in [-0.1, -0.05) is 36.4 Å². The summed E-state index contributed by atoms with van der Waals surface area (Å²) in [4.78, 5) is 58.9. The monoisotopic (exact) mass is 831 g/mol. The van der Waals surface area contributed by atoms with Crippen LogP contribution in [0.1, 0.15) is 82.4 Å². The molecular weight excluding hydrogens is 785 g/mol. The largest absolute Gasteiger partial charge is 0.508 e. The third-order valence-corrected chi connectivity index (χ3v) is 13.3. The van der Waals surface area contributed by atoms with Gasteiger partial charge in [0.05, 0.1) is 16.8 Å². The molecule has 9 rings (SSSR count). The Morgan fingerprint density at radius 2 is 1.28 bits per heavy atom. The van der Waals surface area contributed by atoms with Gasteiger partial charge in [-0.3, -0.25) is 34.3 Å². The molecule has 60 heavy (non-hydrogen) atoms. The van der Waals surface area contributed by atoms with E-state index in [2.05, 4.69) is 39.4 Å². The van der Waals surface area contributed by atoms with Crippen molar-refractivity contribution in [3.8, 4) is 11.5 Å². The number of nitrogens with zero attached hydrogens (tertiary/aromatic N) is 4. The zero-order chi connectivity index (χ0) is 41.7. The van der Waals surface area contributed by atoms with Crippen LogP contribution in [0.25, 0.3) is 11.1 Å². The van der Waals surface area contributed by atoms with Gasteiger partial charge in [-0.15, -0.1) is 11.6 Å². The van der Waals surface area contributed by atoms with Crippen molar-refractivity contribution in [1.29, 1.82) is 0 Å². The van der Waals surface area contributed by atoms with Crippen LogP contribution in [0, 0.1) is 11.7 Å². The molecule has 4 aromatic carbocycles. The molecule has 4 fully saturated rings. The molecule has 5 heterocycles. The maximum Gasteiger partial charge on any atom is 0.262 e. The van der Waals surface area contributed by atoms with E-state index in [1.165, 1.54) is 6.07 Å². The number of benzene rings is 4. The Bertz CT molecular complexity index is 2350. The van der Waals surface area contributed by atoms with Gasteiger partial charge in [-0.05, 0) is 121 Å². The van der Waals surface area contributed by atoms with Crippen LogP contribution in [0.4, 0.5) is 15.8 Å². The van der Waals surface area contributed by atoms with Crippen molar-refractivity contribution in [3.05, 3.63) is 119 Å². The molecule has 5 aliphatic heterocycles. The molecule has 2 bridgehead atoms. The lowest BCUT2D eigenvalue weighted by Crippen LogP contribution is -2.55. The Kier molecular flexibility index (Phi) is 10.8. The molecule has 3 unspecified atom stereocenters. The fourth-order valence-electron chi connectivity index (χ4n) is 10.0. The highest BCUT2D eigenvalue weighted by Gasteiger charge is 2.46. The number of hydrogen-bond acceptors (Lipinski definition) is 9. The number of phenols is 2. The van der Waals surface area contributed by atoms with Crippen LogP contribution >= 0.6 is 11.6 Å². The predicted octanol–water partition coefficient (Wildman–Crippen LogP) is 6.80. The van der Waals surface area contributed by atoms with Crippen LogP contribution < -0.4 is 15.1 Å². The van der Waals surface area contributed by atoms with Crippen molar-refractivity contribution in [2.24, 2.45) is 5.92 Å². The molecule has 3 atom stereocenters. The Hall–Kier alpha value is -5.72. The number of allylic oxidation sites excluding steroid dienone is 1. The first-order chi connectivity index (χ1) is 29.1. The van der Waals surface area contributed by atoms with Crippen LogP contribution in [0.3, 0.4) is 0 Å². The van der Waals surface area contributed by atoms with Crippen molar-refractivity contribution < 1.29 is 33.8 Å². The van der Waals surface area contributed by atoms with E-state index in [4.69, 9.17) is 11.6 Å². The Morgan fingerprint density at radius 3 is 1.87 bits per heavy atom. The number of carbonyl (C=O) groups is 4. The van der Waals surface area contributed by atoms with Gasteiger partial charge >= 0.3 is 0 Å². The number of fused-ring (bicyclic) bond motifs is 3. The summed E-state index contributed by atoms with van der Waals surface area (Å²) in [5.41, 5.74) is 6.57. The van der Waals surface area contributed by atoms with E-state index < -0.39 is 35.5 Å². The summed E-state index contributed by atoms with van der Waals surface area (Å²) in [6, 6.07) is 25.1. The normalized spacial score (nSPS) is 22.6. The number of piperidine rings is 2. The van der Waals surface area contributed by atoms with Gasteiger partial charge in [0.2, 0.25) is 11.8 Å². The quantitative estimate of drug-likeness (QED) is 0.0898. The summed E-state index contributed by atoms with van der Waals surface area (Å²) in [5, 5.41) is 22.2. The first-order valence-electron chi connectivity index (χ1n) is 20.9. The molecule has 0 radical (unpaired) electrons. The zero-order valence-corrected chi connectivity index (χ0v) is 33.9. The molecule has 310 valence electrons. The molecule has 0 aromatic heterocycles. The van der Waals surface area contributed by atoms with Crippen LogP contribution in [0.2, 0.25) is 0 Å². The topological polar surface area (TPSA) is 134 Å². The highest BCUT2D eigenvalue weighted by atomic mass is 35.5. The third kappa shape index (κ3) is 7.51. The number of alkyl halides is 1. The molecule has 0 aliphatic carbocycles. The number of carbonyl (C=O) groups excluding carboxylic acids is 4. The molecule has 3 N–H and O–H groups in total. The van der Waals surface area contributed by atoms with Gasteiger partial charge in [-0.25, -0.2) is 4.39 Å². The van der Waals surface area contributed by atoms with Gasteiger partial charge in [-0.2, -0.15) is 0 Å². The minimum atomic E-state index is -1.10. The second kappa shape index (κ2) is 16.4. The van der Waals surface area contributed by atoms with Crippen LogP contribution in [0.5, 0.6) is 11.5 Å². The second-order valence-electron chi connectivity index (χ2n) is 16.6. The molecule has 13 heteroatoms. The smallest absolute Gasteiger partial charge is 0.262 e. The van der Waals surface area contributed by atoms with Crippen LogP contribution in [0.15, 0.2) is 84.9 Å². The lowest BCUT2D eigenvalue weighted by atomic mass is 9.88. The fourth-order valence-corrected chi connectivity index (χ4v) is 10.2. The maximum absolute atomic E-state index is 15.8. The van der Waals surface area contributed by atoms with Crippen LogP contribution in [-0.4, -0.2) is 100 Å². The number of aromatic hydroxyl groups is 2. The number of nitrogens with one attached hydrogen (secondary N) is 1. The number of amides is 4. The van der Waals surface area contributed by atoms with Gasteiger partial charge < -0.3 is 20.0 Å². The third-order valence-electron chi connectivity index (χ3n) is 13.1. The number of piperazine rings is 1. The lowest BCUT2D eigenvalue weighted by molar-refractivity contribution is -0.136. The van der Waals surface area contributed by atoms with E-state index in [1.54, 1.807) is 24.3 Å². The zero-order valence-electron chi connectivity index (χ0n) is 33.2. The second-order valence-corrected chi connectivity index (χ2v) is 17.0. The van der Waals surface area contributed by atoms with Crippen LogP contribution in [-0.2, 0) is 9.59 Å². The van der Waals surface area contributed by atoms with Gasteiger partial charge in [0.15, 0.2) is 0 Å². The number of anilines is 2. The predicted molar refractivity (Wildman–Crippen MR) is 228 cm³/mol. The van der Waals surface area contributed by atoms with Crippen molar-refractivity contribution in [1.82, 2.24) is 15.1 Å². The first kappa shape index (κ1) is 39.7. The molecule has 0 saturated carbocycles. The maximum atomic E-state index is 15.8. The van der Waals surface area contributed by atoms with Gasteiger partial charge in [0.25, 0.3) is 11.8 Å². The summed E-state index contributed by atoms with van der Waals surface area (Å²) >= 11 is 6.35. The summed E-state index contributed by atoms with van der Waals surface area (Å²) in [7, 11) is 0. The van der Waals surface area contributed by atoms with E-state index in [9.17, 15) is 29.4 Å². The van der Waals surface area contributed by atoms with E-state index in [-0.39, 0.29) is 47.6 Å². The first-order valence-corrected chi connectivity index (χ1v) is 21.4. The van der Waals surface area contributed by atoms with Crippen molar-refractivity contribution in [3.63, 3.8) is 0 Å². The lowest BCUT2D eigenvalue weighted by Gasteiger charge is -2.44. The number of halogens is 2. The minimum Gasteiger partial charge on any atom is -0.508 e. The summed E-state index contributed by atoms with van der Waals surface area (Å²) in [6.07, 6.45) is 4.83. The molecule has 0 spiro atoms. The fraction of sp³-hybridized carbons (Fsp3) is 0.362. The van der Waals surface area contributed by atoms with E-state index in [0.29, 0.717) is 37.0 Å². The van der Waals surface area contributed by atoms with E-state index in [1.807, 2.05) is 29.2 Å². The minimum absolute atomic E-state index is 0.0211. The number of phenolic OH excluding ortho intramolecular Hbond substituents is 2. The van der Waals surface area contributed by atoms with Gasteiger partial charge in [0, 0.05) is 62.8 Å². The molecule has 11 nitrogen and oxygen atoms in total. The molecule has 4 aromatic rings. The molecular formula is C47H47ClFN5O6. The molecule has 5 aliphatic rings. The van der Waals surface area contributed by atoms with Crippen molar-refractivity contribution in [2.45, 2.75) is 63.1 Å². The summed E-state index contributed by atoms with van der Waals surface area (Å²) in [6.45, 7) is 4.10.